The molecule has 0 atom stereocenters. The zero-order valence-corrected chi connectivity index (χ0v) is 16.1. The highest BCUT2D eigenvalue weighted by Gasteiger charge is 2.09. The van der Waals surface area contributed by atoms with Crippen molar-refractivity contribution in [3.63, 3.8) is 0 Å². The Kier molecular flexibility index (Phi) is 4.67. The Bertz CT molecular complexity index is 1210. The highest BCUT2D eigenvalue weighted by molar-refractivity contribution is 5.97. The van der Waals surface area contributed by atoms with Gasteiger partial charge in [-0.25, -0.2) is 4.98 Å². The minimum atomic E-state index is 0.575. The molecule has 0 spiro atoms. The number of ether oxygens (including phenoxy) is 1. The van der Waals surface area contributed by atoms with Crippen LogP contribution < -0.4 is 4.74 Å². The molecule has 140 valence electrons. The molecule has 5 aromatic rings. The maximum atomic E-state index is 5.86. The second-order valence-electron chi connectivity index (χ2n) is 7.22. The van der Waals surface area contributed by atoms with E-state index < -0.39 is 0 Å². The van der Waals surface area contributed by atoms with Crippen LogP contribution in [0.4, 0.5) is 0 Å². The summed E-state index contributed by atoms with van der Waals surface area (Å²) < 4.78 is 5.86. The fourth-order valence-corrected chi connectivity index (χ4v) is 3.76. The summed E-state index contributed by atoms with van der Waals surface area (Å²) in [5, 5.41) is 2.45. The molecule has 0 saturated carbocycles. The lowest BCUT2D eigenvalue weighted by atomic mass is 9.96. The van der Waals surface area contributed by atoms with Crippen LogP contribution in [0.25, 0.3) is 21.8 Å². The summed E-state index contributed by atoms with van der Waals surface area (Å²) in [5.74, 6) is 0.895. The minimum Gasteiger partial charge on any atom is -0.489 e. The quantitative estimate of drug-likeness (QED) is 0.325. The van der Waals surface area contributed by atoms with Gasteiger partial charge in [0.15, 0.2) is 0 Å². The summed E-state index contributed by atoms with van der Waals surface area (Å²) >= 11 is 0. The molecule has 4 aromatic carbocycles. The van der Waals surface area contributed by atoms with Gasteiger partial charge in [-0.2, -0.15) is 0 Å². The molecule has 1 aromatic heterocycles. The number of aromatic nitrogens is 1. The van der Waals surface area contributed by atoms with Crippen molar-refractivity contribution in [2.75, 3.05) is 0 Å². The highest BCUT2D eigenvalue weighted by Crippen LogP contribution is 2.28. The van der Waals surface area contributed by atoms with Crippen molar-refractivity contribution in [3.05, 3.63) is 120 Å². The molecule has 0 radical (unpaired) electrons. The van der Waals surface area contributed by atoms with E-state index in [2.05, 4.69) is 72.8 Å². The molecule has 5 rings (SSSR count). The summed E-state index contributed by atoms with van der Waals surface area (Å²) in [5.41, 5.74) is 5.89. The lowest BCUT2D eigenvalue weighted by Crippen LogP contribution is -1.97. The summed E-state index contributed by atoms with van der Waals surface area (Å²) in [6.07, 6.45) is 0.878. The van der Waals surface area contributed by atoms with E-state index >= 15 is 0 Å². The maximum absolute atomic E-state index is 5.86. The summed E-state index contributed by atoms with van der Waals surface area (Å²) in [6.45, 7) is 0.575. The molecule has 0 fully saturated rings. The number of pyridine rings is 1. The first-order valence-corrected chi connectivity index (χ1v) is 9.89. The van der Waals surface area contributed by atoms with E-state index in [1.807, 2.05) is 30.3 Å². The fourth-order valence-electron chi connectivity index (χ4n) is 3.76. The van der Waals surface area contributed by atoms with E-state index in [1.54, 1.807) is 0 Å². The van der Waals surface area contributed by atoms with E-state index in [0.717, 1.165) is 23.2 Å². The van der Waals surface area contributed by atoms with Gasteiger partial charge in [0.2, 0.25) is 0 Å². The average Bonchev–Trinajstić information content (AvgIpc) is 2.79. The molecule has 0 amide bonds. The zero-order chi connectivity index (χ0) is 19.5. The molecule has 1 heterocycles. The zero-order valence-electron chi connectivity index (χ0n) is 16.1. The number of hydrogen-bond acceptors (Lipinski definition) is 2. The van der Waals surface area contributed by atoms with Crippen LogP contribution in [0.3, 0.4) is 0 Å². The van der Waals surface area contributed by atoms with Crippen molar-refractivity contribution >= 4 is 21.8 Å². The summed E-state index contributed by atoms with van der Waals surface area (Å²) in [6, 6.07) is 35.5. The van der Waals surface area contributed by atoms with Crippen LogP contribution in [-0.2, 0) is 13.0 Å². The van der Waals surface area contributed by atoms with Crippen molar-refractivity contribution in [2.45, 2.75) is 13.0 Å². The van der Waals surface area contributed by atoms with Gasteiger partial charge in [0.1, 0.15) is 12.4 Å². The topological polar surface area (TPSA) is 22.1 Å². The van der Waals surface area contributed by atoms with E-state index in [1.165, 1.54) is 27.5 Å². The molecule has 2 heteroatoms. The normalized spacial score (nSPS) is 11.0. The first kappa shape index (κ1) is 17.4. The van der Waals surface area contributed by atoms with Gasteiger partial charge in [0.25, 0.3) is 0 Å². The first-order valence-electron chi connectivity index (χ1n) is 9.89. The molecule has 0 aliphatic carbocycles. The average molecular weight is 375 g/mol. The molecule has 2 nitrogen and oxygen atoms in total. The molecular formula is C27H21NO. The Morgan fingerprint density at radius 1 is 0.552 bits per heavy atom. The van der Waals surface area contributed by atoms with Crippen molar-refractivity contribution in [3.8, 4) is 5.75 Å². The van der Waals surface area contributed by atoms with Gasteiger partial charge < -0.3 is 4.74 Å². The monoisotopic (exact) mass is 375 g/mol. The Morgan fingerprint density at radius 3 is 1.76 bits per heavy atom. The van der Waals surface area contributed by atoms with E-state index in [-0.39, 0.29) is 0 Å². The number of fused-ring (bicyclic) bond motifs is 2. The molecule has 0 saturated heterocycles. The van der Waals surface area contributed by atoms with E-state index in [9.17, 15) is 0 Å². The van der Waals surface area contributed by atoms with Crippen molar-refractivity contribution in [2.24, 2.45) is 0 Å². The third kappa shape index (κ3) is 3.70. The van der Waals surface area contributed by atoms with E-state index in [4.69, 9.17) is 9.72 Å². The van der Waals surface area contributed by atoms with Crippen LogP contribution in [0.15, 0.2) is 103 Å². The number of benzene rings is 4. The Morgan fingerprint density at radius 2 is 1.10 bits per heavy atom. The number of para-hydroxylation sites is 3. The van der Waals surface area contributed by atoms with Crippen LogP contribution in [0.5, 0.6) is 5.75 Å². The third-order valence-corrected chi connectivity index (χ3v) is 5.25. The van der Waals surface area contributed by atoms with Crippen LogP contribution in [-0.4, -0.2) is 4.98 Å². The van der Waals surface area contributed by atoms with E-state index in [0.29, 0.717) is 6.61 Å². The van der Waals surface area contributed by atoms with Crippen molar-refractivity contribution < 1.29 is 4.74 Å². The van der Waals surface area contributed by atoms with Gasteiger partial charge in [-0.1, -0.05) is 78.9 Å². The third-order valence-electron chi connectivity index (χ3n) is 5.25. The first-order chi connectivity index (χ1) is 14.4. The molecule has 0 N–H and O–H groups in total. The second kappa shape index (κ2) is 7.76. The summed E-state index contributed by atoms with van der Waals surface area (Å²) in [4.78, 5) is 4.83. The van der Waals surface area contributed by atoms with Crippen molar-refractivity contribution in [1.82, 2.24) is 4.98 Å². The van der Waals surface area contributed by atoms with Crippen LogP contribution in [0.1, 0.15) is 16.7 Å². The molecule has 0 aliphatic heterocycles. The lowest BCUT2D eigenvalue weighted by molar-refractivity contribution is 0.306. The predicted molar refractivity (Wildman–Crippen MR) is 119 cm³/mol. The van der Waals surface area contributed by atoms with Crippen molar-refractivity contribution in [1.29, 1.82) is 0 Å². The van der Waals surface area contributed by atoms with Crippen LogP contribution >= 0.6 is 0 Å². The van der Waals surface area contributed by atoms with Crippen LogP contribution in [0.2, 0.25) is 0 Å². The second-order valence-corrected chi connectivity index (χ2v) is 7.22. The lowest BCUT2D eigenvalue weighted by Gasteiger charge is -2.12. The number of rotatable bonds is 5. The largest absolute Gasteiger partial charge is 0.489 e. The predicted octanol–water partition coefficient (Wildman–Crippen LogP) is 6.56. The van der Waals surface area contributed by atoms with Gasteiger partial charge >= 0.3 is 0 Å². The molecule has 29 heavy (non-hydrogen) atoms. The van der Waals surface area contributed by atoms with Crippen LogP contribution in [0, 0.1) is 0 Å². The maximum Gasteiger partial charge on any atom is 0.119 e. The van der Waals surface area contributed by atoms with Gasteiger partial charge in [0, 0.05) is 10.8 Å². The SMILES string of the molecule is c1ccc(OCc2ccc(Cc3c4ccccc4nc4ccccc34)cc2)cc1. The number of nitrogens with zero attached hydrogens (tertiary/aromatic N) is 1. The fraction of sp³-hybridized carbons (Fsp3) is 0.0741. The highest BCUT2D eigenvalue weighted by atomic mass is 16.5. The smallest absolute Gasteiger partial charge is 0.119 e. The number of hydrogen-bond donors (Lipinski definition) is 0. The van der Waals surface area contributed by atoms with Gasteiger partial charge in [-0.15, -0.1) is 0 Å². The summed E-state index contributed by atoms with van der Waals surface area (Å²) in [7, 11) is 0. The molecule has 0 aliphatic rings. The molecule has 0 bridgehead atoms. The van der Waals surface area contributed by atoms with Gasteiger partial charge in [-0.3, -0.25) is 0 Å². The Labute approximate surface area is 170 Å². The standard InChI is InChI=1S/C27H21NO/c1-2-8-22(9-3-1)29-19-21-16-14-20(15-17-21)18-25-23-10-4-6-12-26(23)28-27-13-7-5-11-24(25)27/h1-17H,18-19H2. The Hall–Kier alpha value is -3.65. The van der Waals surface area contributed by atoms with Gasteiger partial charge in [0.05, 0.1) is 11.0 Å². The Balaban J connectivity index is 1.43. The van der Waals surface area contributed by atoms with Gasteiger partial charge in [-0.05, 0) is 47.4 Å². The molecule has 0 unspecified atom stereocenters. The minimum absolute atomic E-state index is 0.575. The molecular weight excluding hydrogens is 354 g/mol.